The smallest absolute Gasteiger partial charge is 0.0513 e. The number of hydrogen-bond acceptors (Lipinski definition) is 3. The van der Waals surface area contributed by atoms with Crippen LogP contribution in [0.15, 0.2) is 0 Å². The fourth-order valence-corrected chi connectivity index (χ4v) is 3.58. The first kappa shape index (κ1) is 29.9. The molecule has 182 valence electrons. The number of hydrogen-bond donors (Lipinski definition) is 0. The molecule has 0 aliphatic carbocycles. The van der Waals surface area contributed by atoms with Gasteiger partial charge in [-0.05, 0) is 48.9 Å². The monoisotopic (exact) mass is 428 g/mol. The number of ether oxygens (including phenoxy) is 3. The van der Waals surface area contributed by atoms with Crippen LogP contribution in [0.5, 0.6) is 0 Å². The van der Waals surface area contributed by atoms with E-state index >= 15 is 0 Å². The van der Waals surface area contributed by atoms with Gasteiger partial charge in [-0.3, -0.25) is 0 Å². The Balaban J connectivity index is 3.58. The van der Waals surface area contributed by atoms with Crippen molar-refractivity contribution in [3.05, 3.63) is 0 Å². The molecule has 0 rings (SSSR count). The van der Waals surface area contributed by atoms with E-state index in [9.17, 15) is 0 Å². The first-order valence-corrected chi connectivity index (χ1v) is 13.0. The van der Waals surface area contributed by atoms with Gasteiger partial charge in [0, 0.05) is 32.3 Å². The molecule has 0 fully saturated rings. The fourth-order valence-electron chi connectivity index (χ4n) is 3.58. The topological polar surface area (TPSA) is 27.7 Å². The van der Waals surface area contributed by atoms with Crippen molar-refractivity contribution in [2.24, 2.45) is 35.5 Å². The molecule has 0 aliphatic heterocycles. The Hall–Kier alpha value is -0.120. The van der Waals surface area contributed by atoms with Crippen LogP contribution in [0.3, 0.4) is 0 Å². The lowest BCUT2D eigenvalue weighted by Gasteiger charge is -2.18. The van der Waals surface area contributed by atoms with E-state index in [-0.39, 0.29) is 0 Å². The van der Waals surface area contributed by atoms with Gasteiger partial charge >= 0.3 is 0 Å². The van der Waals surface area contributed by atoms with Crippen LogP contribution in [-0.4, -0.2) is 39.6 Å². The minimum Gasteiger partial charge on any atom is -0.381 e. The lowest BCUT2D eigenvalue weighted by Crippen LogP contribution is -2.18. The quantitative estimate of drug-likeness (QED) is 0.188. The maximum absolute atomic E-state index is 5.96. The molecule has 30 heavy (non-hydrogen) atoms. The van der Waals surface area contributed by atoms with Gasteiger partial charge in [-0.25, -0.2) is 0 Å². The lowest BCUT2D eigenvalue weighted by atomic mass is 9.97. The van der Waals surface area contributed by atoms with E-state index in [4.69, 9.17) is 14.2 Å². The van der Waals surface area contributed by atoms with Gasteiger partial charge in [0.15, 0.2) is 0 Å². The number of rotatable bonds is 21. The molecule has 0 aliphatic rings. The van der Waals surface area contributed by atoms with E-state index < -0.39 is 0 Å². The first-order chi connectivity index (χ1) is 14.2. The molecule has 5 atom stereocenters. The summed E-state index contributed by atoms with van der Waals surface area (Å²) in [5.74, 6) is 3.93. The van der Waals surface area contributed by atoms with E-state index in [1.807, 2.05) is 0 Å². The van der Waals surface area contributed by atoms with Crippen molar-refractivity contribution in [2.45, 2.75) is 100 Å². The Labute approximate surface area is 190 Å². The van der Waals surface area contributed by atoms with Crippen molar-refractivity contribution in [3.63, 3.8) is 0 Å². The zero-order valence-corrected chi connectivity index (χ0v) is 21.9. The molecule has 0 amide bonds. The lowest BCUT2D eigenvalue weighted by molar-refractivity contribution is 0.0237. The molecular formula is C27H56O3. The third-order valence-corrected chi connectivity index (χ3v) is 5.95. The minimum absolute atomic E-state index is 0.475. The van der Waals surface area contributed by atoms with Gasteiger partial charge in [-0.15, -0.1) is 0 Å². The second-order valence-corrected chi connectivity index (χ2v) is 10.8. The second-order valence-electron chi connectivity index (χ2n) is 10.8. The van der Waals surface area contributed by atoms with Gasteiger partial charge < -0.3 is 14.2 Å². The van der Waals surface area contributed by atoms with Crippen LogP contribution in [0.2, 0.25) is 0 Å². The van der Waals surface area contributed by atoms with Crippen LogP contribution in [0, 0.1) is 35.5 Å². The van der Waals surface area contributed by atoms with Gasteiger partial charge in [0.05, 0.1) is 13.2 Å². The molecule has 0 N–H and O–H groups in total. The maximum atomic E-state index is 5.96. The summed E-state index contributed by atoms with van der Waals surface area (Å²) in [4.78, 5) is 0. The molecule has 0 aromatic carbocycles. The van der Waals surface area contributed by atoms with E-state index in [0.29, 0.717) is 29.6 Å². The van der Waals surface area contributed by atoms with Crippen molar-refractivity contribution in [1.29, 1.82) is 0 Å². The molecule has 0 spiro atoms. The Morgan fingerprint density at radius 1 is 0.433 bits per heavy atom. The van der Waals surface area contributed by atoms with Crippen LogP contribution in [0.25, 0.3) is 0 Å². The first-order valence-electron chi connectivity index (χ1n) is 13.0. The van der Waals surface area contributed by atoms with E-state index in [1.165, 1.54) is 44.9 Å². The summed E-state index contributed by atoms with van der Waals surface area (Å²) in [6.07, 6.45) is 9.04. The van der Waals surface area contributed by atoms with Crippen molar-refractivity contribution in [1.82, 2.24) is 0 Å². The van der Waals surface area contributed by atoms with Crippen molar-refractivity contribution in [3.8, 4) is 0 Å². The molecule has 0 bridgehead atoms. The van der Waals surface area contributed by atoms with Crippen molar-refractivity contribution in [2.75, 3.05) is 39.6 Å². The van der Waals surface area contributed by atoms with Crippen molar-refractivity contribution < 1.29 is 14.2 Å². The predicted octanol–water partition coefficient (Wildman–Crippen LogP) is 7.62. The molecule has 3 nitrogen and oxygen atoms in total. The normalized spacial score (nSPS) is 17.1. The fraction of sp³-hybridized carbons (Fsp3) is 1.00. The Bertz CT molecular complexity index is 358. The van der Waals surface area contributed by atoms with Gasteiger partial charge in [0.2, 0.25) is 0 Å². The Kier molecular flexibility index (Phi) is 19.5. The minimum atomic E-state index is 0.475. The van der Waals surface area contributed by atoms with Crippen LogP contribution >= 0.6 is 0 Å². The van der Waals surface area contributed by atoms with E-state index in [2.05, 4.69) is 55.4 Å². The average Bonchev–Trinajstić information content (AvgIpc) is 2.67. The molecule has 0 aromatic rings. The molecule has 0 saturated heterocycles. The summed E-state index contributed by atoms with van der Waals surface area (Å²) < 4.78 is 17.7. The van der Waals surface area contributed by atoms with Crippen molar-refractivity contribution >= 4 is 0 Å². The van der Waals surface area contributed by atoms with Gasteiger partial charge in [0.1, 0.15) is 0 Å². The summed E-state index contributed by atoms with van der Waals surface area (Å²) in [5.41, 5.74) is 0. The standard InChI is InChI=1S/C27H56O3/c1-9-23(4)12-10-13-25(6)18-29-20-27(8)21-30-19-26(7)15-11-14-24(5)17-28-16-22(2)3/h22-27H,9-21H2,1-8H3. The van der Waals surface area contributed by atoms with E-state index in [1.54, 1.807) is 0 Å². The Morgan fingerprint density at radius 2 is 0.767 bits per heavy atom. The molecule has 0 aromatic heterocycles. The molecule has 3 heteroatoms. The highest BCUT2D eigenvalue weighted by Gasteiger charge is 2.10. The van der Waals surface area contributed by atoms with Crippen LogP contribution in [0.1, 0.15) is 100 Å². The highest BCUT2D eigenvalue weighted by atomic mass is 16.5. The summed E-state index contributed by atoms with van der Waals surface area (Å²) in [5, 5.41) is 0. The zero-order valence-electron chi connectivity index (χ0n) is 21.9. The van der Waals surface area contributed by atoms with E-state index in [0.717, 1.165) is 45.6 Å². The predicted molar refractivity (Wildman–Crippen MR) is 131 cm³/mol. The largest absolute Gasteiger partial charge is 0.381 e. The molecular weight excluding hydrogens is 372 g/mol. The SMILES string of the molecule is CCC(C)CCCC(C)COCC(C)COCC(C)CCCC(C)COCC(C)C. The molecule has 0 heterocycles. The zero-order chi connectivity index (χ0) is 22.8. The molecule has 0 saturated carbocycles. The van der Waals surface area contributed by atoms with Gasteiger partial charge in [0.25, 0.3) is 0 Å². The van der Waals surface area contributed by atoms with Gasteiger partial charge in [-0.1, -0.05) is 81.1 Å². The molecule has 5 unspecified atom stereocenters. The summed E-state index contributed by atoms with van der Waals surface area (Å²) in [6.45, 7) is 23.4. The second kappa shape index (κ2) is 19.6. The maximum Gasteiger partial charge on any atom is 0.0513 e. The van der Waals surface area contributed by atoms with Crippen LogP contribution < -0.4 is 0 Å². The summed E-state index contributed by atoms with van der Waals surface area (Å²) in [6, 6.07) is 0. The van der Waals surface area contributed by atoms with Crippen LogP contribution in [0.4, 0.5) is 0 Å². The molecule has 0 radical (unpaired) electrons. The highest BCUT2D eigenvalue weighted by Crippen LogP contribution is 2.16. The Morgan fingerprint density at radius 3 is 1.13 bits per heavy atom. The average molecular weight is 429 g/mol. The summed E-state index contributed by atoms with van der Waals surface area (Å²) in [7, 11) is 0. The third kappa shape index (κ3) is 19.8. The highest BCUT2D eigenvalue weighted by molar-refractivity contribution is 4.59. The summed E-state index contributed by atoms with van der Waals surface area (Å²) >= 11 is 0. The third-order valence-electron chi connectivity index (χ3n) is 5.95. The van der Waals surface area contributed by atoms with Crippen LogP contribution in [-0.2, 0) is 14.2 Å². The van der Waals surface area contributed by atoms with Gasteiger partial charge in [-0.2, -0.15) is 0 Å².